The fraction of sp³-hybridized carbons (Fsp3) is 0.115. The minimum Gasteiger partial charge on any atom is -0.485 e. The number of amides is 2. The Morgan fingerprint density at radius 1 is 1.00 bits per heavy atom. The van der Waals surface area contributed by atoms with E-state index in [1.54, 1.807) is 36.4 Å². The summed E-state index contributed by atoms with van der Waals surface area (Å²) in [5.74, 6) is -0.502. The van der Waals surface area contributed by atoms with Crippen LogP contribution in [-0.4, -0.2) is 34.3 Å². The lowest BCUT2D eigenvalue weighted by molar-refractivity contribution is -0.131. The number of benzene rings is 3. The van der Waals surface area contributed by atoms with Gasteiger partial charge in [-0.15, -0.1) is 0 Å². The quantitative estimate of drug-likeness (QED) is 0.443. The Hall–Kier alpha value is -4.66. The van der Waals surface area contributed by atoms with Crippen molar-refractivity contribution >= 4 is 11.8 Å². The Kier molecular flexibility index (Phi) is 5.88. The van der Waals surface area contributed by atoms with Crippen LogP contribution in [0.4, 0.5) is 4.39 Å². The zero-order chi connectivity index (χ0) is 24.4. The van der Waals surface area contributed by atoms with E-state index in [2.05, 4.69) is 16.0 Å². The summed E-state index contributed by atoms with van der Waals surface area (Å²) in [7, 11) is 0. The summed E-state index contributed by atoms with van der Waals surface area (Å²) >= 11 is 0. The third kappa shape index (κ3) is 4.70. The van der Waals surface area contributed by atoms with Crippen LogP contribution in [0.1, 0.15) is 15.9 Å². The number of carbonyl (C=O) groups is 2. The molecule has 1 atom stereocenters. The Morgan fingerprint density at radius 3 is 2.54 bits per heavy atom. The first-order chi connectivity index (χ1) is 17.0. The van der Waals surface area contributed by atoms with Crippen molar-refractivity contribution in [2.75, 3.05) is 6.61 Å². The Bertz CT molecular complexity index is 1400. The van der Waals surface area contributed by atoms with Crippen LogP contribution in [0.25, 0.3) is 16.9 Å². The molecular formula is C26H21FN4O4. The maximum Gasteiger partial charge on any atom is 0.283 e. The minimum atomic E-state index is -0.927. The maximum absolute atomic E-state index is 13.4. The highest BCUT2D eigenvalue weighted by Crippen LogP contribution is 2.31. The molecule has 8 nitrogen and oxygen atoms in total. The largest absolute Gasteiger partial charge is 0.485 e. The molecule has 1 aliphatic heterocycles. The van der Waals surface area contributed by atoms with Crippen molar-refractivity contribution in [3.8, 4) is 28.4 Å². The van der Waals surface area contributed by atoms with Crippen LogP contribution in [0.5, 0.6) is 11.5 Å². The van der Waals surface area contributed by atoms with Crippen molar-refractivity contribution in [1.29, 1.82) is 0 Å². The summed E-state index contributed by atoms with van der Waals surface area (Å²) in [4.78, 5) is 25.7. The smallest absolute Gasteiger partial charge is 0.283 e. The number of para-hydroxylation sites is 2. The predicted octanol–water partition coefficient (Wildman–Crippen LogP) is 3.59. The fourth-order valence-corrected chi connectivity index (χ4v) is 3.69. The van der Waals surface area contributed by atoms with E-state index in [4.69, 9.17) is 9.47 Å². The molecule has 0 bridgehead atoms. The number of nitrogens with one attached hydrogen (secondary N) is 2. The van der Waals surface area contributed by atoms with Crippen molar-refractivity contribution in [3.63, 3.8) is 0 Å². The standard InChI is InChI=1S/C26H21FN4O4/c1-16-5-4-6-17(13-16)24-20(14-31(30-24)19-11-9-18(27)10-12-19)25(32)28-29-26(33)23-15-34-21-7-2-3-8-22(21)35-23/h2-14,23H,15H2,1H3,(H,28,32)(H,29,33). The molecule has 0 saturated carbocycles. The number of rotatable bonds is 4. The van der Waals surface area contributed by atoms with Crippen LogP contribution < -0.4 is 20.3 Å². The van der Waals surface area contributed by atoms with Gasteiger partial charge in [0.05, 0.1) is 11.3 Å². The van der Waals surface area contributed by atoms with Gasteiger partial charge in [-0.05, 0) is 49.4 Å². The molecule has 1 unspecified atom stereocenters. The maximum atomic E-state index is 13.4. The third-order valence-corrected chi connectivity index (χ3v) is 5.44. The van der Waals surface area contributed by atoms with E-state index in [0.29, 0.717) is 22.9 Å². The number of hydrazine groups is 1. The van der Waals surface area contributed by atoms with E-state index in [1.807, 2.05) is 31.2 Å². The molecule has 0 fully saturated rings. The normalized spacial score (nSPS) is 14.3. The highest BCUT2D eigenvalue weighted by molar-refractivity contribution is 6.01. The Labute approximate surface area is 200 Å². The van der Waals surface area contributed by atoms with Gasteiger partial charge >= 0.3 is 0 Å². The zero-order valence-electron chi connectivity index (χ0n) is 18.7. The van der Waals surface area contributed by atoms with Gasteiger partial charge in [-0.1, -0.05) is 35.9 Å². The van der Waals surface area contributed by atoms with Crippen molar-refractivity contribution in [2.24, 2.45) is 0 Å². The molecule has 1 aromatic heterocycles. The topological polar surface area (TPSA) is 94.5 Å². The van der Waals surface area contributed by atoms with E-state index in [1.165, 1.54) is 23.0 Å². The van der Waals surface area contributed by atoms with Gasteiger partial charge in [-0.25, -0.2) is 9.07 Å². The second kappa shape index (κ2) is 9.30. The summed E-state index contributed by atoms with van der Waals surface area (Å²) in [5, 5.41) is 4.56. The van der Waals surface area contributed by atoms with Gasteiger partial charge in [0.15, 0.2) is 11.5 Å². The van der Waals surface area contributed by atoms with E-state index in [9.17, 15) is 14.0 Å². The molecule has 0 radical (unpaired) electrons. The first-order valence-corrected chi connectivity index (χ1v) is 10.9. The molecular weight excluding hydrogens is 451 g/mol. The van der Waals surface area contributed by atoms with Crippen LogP contribution >= 0.6 is 0 Å². The number of hydrogen-bond acceptors (Lipinski definition) is 5. The highest BCUT2D eigenvalue weighted by atomic mass is 19.1. The molecule has 9 heteroatoms. The van der Waals surface area contributed by atoms with Gasteiger partial charge in [0.1, 0.15) is 18.1 Å². The molecule has 2 N–H and O–H groups in total. The minimum absolute atomic E-state index is 0.00968. The molecule has 0 aliphatic carbocycles. The van der Waals surface area contributed by atoms with Gasteiger partial charge in [0.25, 0.3) is 11.8 Å². The third-order valence-electron chi connectivity index (χ3n) is 5.44. The Morgan fingerprint density at radius 2 is 1.77 bits per heavy atom. The lowest BCUT2D eigenvalue weighted by Gasteiger charge is -2.25. The summed E-state index contributed by atoms with van der Waals surface area (Å²) in [5.41, 5.74) is 7.77. The number of ether oxygens (including phenoxy) is 2. The van der Waals surface area contributed by atoms with E-state index >= 15 is 0 Å². The number of hydrogen-bond donors (Lipinski definition) is 2. The van der Waals surface area contributed by atoms with E-state index < -0.39 is 17.9 Å². The SMILES string of the molecule is Cc1cccc(-c2nn(-c3ccc(F)cc3)cc2C(=O)NNC(=O)C2COc3ccccc3O2)c1. The van der Waals surface area contributed by atoms with Crippen molar-refractivity contribution < 1.29 is 23.5 Å². The highest BCUT2D eigenvalue weighted by Gasteiger charge is 2.28. The monoisotopic (exact) mass is 472 g/mol. The second-order valence-corrected chi connectivity index (χ2v) is 7.99. The summed E-state index contributed by atoms with van der Waals surface area (Å²) in [6.07, 6.45) is 0.603. The number of carbonyl (C=O) groups excluding carboxylic acids is 2. The Balaban J connectivity index is 1.36. The van der Waals surface area contributed by atoms with Crippen molar-refractivity contribution in [1.82, 2.24) is 20.6 Å². The predicted molar refractivity (Wildman–Crippen MR) is 126 cm³/mol. The first kappa shape index (κ1) is 22.1. The molecule has 35 heavy (non-hydrogen) atoms. The molecule has 2 heterocycles. The van der Waals surface area contributed by atoms with Gasteiger partial charge < -0.3 is 9.47 Å². The summed E-state index contributed by atoms with van der Waals surface area (Å²) in [6, 6.07) is 20.3. The number of aryl methyl sites for hydroxylation is 1. The molecule has 0 saturated heterocycles. The van der Waals surface area contributed by atoms with Crippen LogP contribution in [0, 0.1) is 12.7 Å². The molecule has 5 rings (SSSR count). The molecule has 2 amide bonds. The summed E-state index contributed by atoms with van der Waals surface area (Å²) in [6.45, 7) is 1.95. The zero-order valence-corrected chi connectivity index (χ0v) is 18.7. The number of halogens is 1. The molecule has 0 spiro atoms. The molecule has 3 aromatic carbocycles. The van der Waals surface area contributed by atoms with E-state index in [0.717, 1.165) is 11.1 Å². The van der Waals surface area contributed by atoms with Crippen molar-refractivity contribution in [2.45, 2.75) is 13.0 Å². The number of nitrogens with zero attached hydrogens (tertiary/aromatic N) is 2. The summed E-state index contributed by atoms with van der Waals surface area (Å²) < 4.78 is 26.1. The van der Waals surface area contributed by atoms with Crippen LogP contribution in [0.2, 0.25) is 0 Å². The lowest BCUT2D eigenvalue weighted by Crippen LogP contribution is -2.50. The first-order valence-electron chi connectivity index (χ1n) is 10.9. The molecule has 1 aliphatic rings. The van der Waals surface area contributed by atoms with Gasteiger partial charge in [-0.2, -0.15) is 5.10 Å². The second-order valence-electron chi connectivity index (χ2n) is 7.99. The number of aromatic nitrogens is 2. The van der Waals surface area contributed by atoms with Crippen LogP contribution in [0.3, 0.4) is 0 Å². The van der Waals surface area contributed by atoms with Gasteiger partial charge in [0, 0.05) is 11.8 Å². The van der Waals surface area contributed by atoms with Gasteiger partial charge in [0.2, 0.25) is 6.10 Å². The average molecular weight is 472 g/mol. The molecule has 4 aromatic rings. The van der Waals surface area contributed by atoms with E-state index in [-0.39, 0.29) is 18.0 Å². The van der Waals surface area contributed by atoms with Crippen molar-refractivity contribution in [3.05, 3.63) is 95.9 Å². The van der Waals surface area contributed by atoms with Gasteiger partial charge in [-0.3, -0.25) is 20.4 Å². The fourth-order valence-electron chi connectivity index (χ4n) is 3.69. The lowest BCUT2D eigenvalue weighted by atomic mass is 10.1. The molecule has 176 valence electrons. The average Bonchev–Trinajstić information content (AvgIpc) is 3.33. The van der Waals surface area contributed by atoms with Crippen LogP contribution in [0.15, 0.2) is 79.0 Å². The number of fused-ring (bicyclic) bond motifs is 1. The van der Waals surface area contributed by atoms with Crippen LogP contribution in [-0.2, 0) is 4.79 Å².